The Morgan fingerprint density at radius 2 is 2.07 bits per heavy atom. The smallest absolute Gasteiger partial charge is 0.134 e. The van der Waals surface area contributed by atoms with Crippen LogP contribution in [0.1, 0.15) is 18.2 Å². The van der Waals surface area contributed by atoms with Crippen LogP contribution < -0.4 is 0 Å². The van der Waals surface area contributed by atoms with Gasteiger partial charge in [0.05, 0.1) is 6.10 Å². The van der Waals surface area contributed by atoms with Crippen molar-refractivity contribution in [3.8, 4) is 0 Å². The van der Waals surface area contributed by atoms with Gasteiger partial charge < -0.3 is 9.52 Å². The number of hydrogen-bond acceptors (Lipinski definition) is 2. The third kappa shape index (κ3) is 1.95. The van der Waals surface area contributed by atoms with E-state index in [1.807, 2.05) is 37.3 Å². The van der Waals surface area contributed by atoms with Gasteiger partial charge in [-0.05, 0) is 19.9 Å². The van der Waals surface area contributed by atoms with Gasteiger partial charge in [-0.2, -0.15) is 0 Å². The highest BCUT2D eigenvalue weighted by Crippen LogP contribution is 2.26. The van der Waals surface area contributed by atoms with Gasteiger partial charge in [0.15, 0.2) is 0 Å². The number of aryl methyl sites for hydroxylation is 1. The number of rotatable bonds is 2. The van der Waals surface area contributed by atoms with E-state index >= 15 is 0 Å². The molecule has 0 spiro atoms. The quantitative estimate of drug-likeness (QED) is 0.811. The number of aliphatic hydroxyl groups is 1. The van der Waals surface area contributed by atoms with E-state index in [9.17, 15) is 5.11 Å². The molecule has 2 aromatic rings. The first-order chi connectivity index (χ1) is 7.18. The lowest BCUT2D eigenvalue weighted by Gasteiger charge is -1.94. The van der Waals surface area contributed by atoms with Gasteiger partial charge in [-0.15, -0.1) is 0 Å². The molecule has 0 aliphatic carbocycles. The molecule has 1 unspecified atom stereocenters. The van der Waals surface area contributed by atoms with Crippen LogP contribution in [0, 0.1) is 6.92 Å². The zero-order valence-corrected chi connectivity index (χ0v) is 8.90. The van der Waals surface area contributed by atoms with Gasteiger partial charge in [-0.1, -0.05) is 30.4 Å². The minimum atomic E-state index is -0.432. The molecule has 0 aliphatic heterocycles. The fourth-order valence-corrected chi connectivity index (χ4v) is 1.63. The second kappa shape index (κ2) is 3.91. The second-order valence-corrected chi connectivity index (χ2v) is 3.67. The number of aliphatic hydroxyl groups excluding tert-OH is 1. The van der Waals surface area contributed by atoms with E-state index in [0.29, 0.717) is 0 Å². The van der Waals surface area contributed by atoms with Gasteiger partial charge in [-0.3, -0.25) is 0 Å². The summed E-state index contributed by atoms with van der Waals surface area (Å²) in [6, 6.07) is 7.90. The SMILES string of the molecule is Cc1oc2ccccc2c1/C=C/C(C)O. The molecule has 0 saturated carbocycles. The first-order valence-electron chi connectivity index (χ1n) is 5.03. The van der Waals surface area contributed by atoms with Crippen molar-refractivity contribution in [1.29, 1.82) is 0 Å². The number of hydrogen-bond donors (Lipinski definition) is 1. The molecule has 15 heavy (non-hydrogen) atoms. The molecule has 1 N–H and O–H groups in total. The second-order valence-electron chi connectivity index (χ2n) is 3.67. The Bertz CT molecular complexity index is 492. The summed E-state index contributed by atoms with van der Waals surface area (Å²) in [4.78, 5) is 0. The van der Waals surface area contributed by atoms with Crippen LogP contribution in [0.25, 0.3) is 17.0 Å². The summed E-state index contributed by atoms with van der Waals surface area (Å²) < 4.78 is 5.60. The van der Waals surface area contributed by atoms with Crippen LogP contribution in [0.4, 0.5) is 0 Å². The maximum absolute atomic E-state index is 9.20. The third-order valence-electron chi connectivity index (χ3n) is 2.36. The summed E-state index contributed by atoms with van der Waals surface area (Å²) in [6.45, 7) is 3.66. The Balaban J connectivity index is 2.54. The number of benzene rings is 1. The number of para-hydroxylation sites is 1. The van der Waals surface area contributed by atoms with Gasteiger partial charge >= 0.3 is 0 Å². The molecular weight excluding hydrogens is 188 g/mol. The van der Waals surface area contributed by atoms with E-state index in [1.165, 1.54) is 0 Å². The molecule has 2 heteroatoms. The summed E-state index contributed by atoms with van der Waals surface area (Å²) in [7, 11) is 0. The fraction of sp³-hybridized carbons (Fsp3) is 0.231. The first kappa shape index (κ1) is 9.99. The predicted molar refractivity (Wildman–Crippen MR) is 61.7 cm³/mol. The van der Waals surface area contributed by atoms with E-state index < -0.39 is 6.10 Å². The predicted octanol–water partition coefficient (Wildman–Crippen LogP) is 3.14. The number of fused-ring (bicyclic) bond motifs is 1. The van der Waals surface area contributed by atoms with E-state index in [2.05, 4.69) is 0 Å². The molecule has 78 valence electrons. The molecular formula is C13H14O2. The van der Waals surface area contributed by atoms with Gasteiger partial charge in [-0.25, -0.2) is 0 Å². The van der Waals surface area contributed by atoms with Crippen molar-refractivity contribution in [2.45, 2.75) is 20.0 Å². The fourth-order valence-electron chi connectivity index (χ4n) is 1.63. The Morgan fingerprint density at radius 1 is 1.33 bits per heavy atom. The van der Waals surface area contributed by atoms with Crippen LogP contribution >= 0.6 is 0 Å². The van der Waals surface area contributed by atoms with Crippen molar-refractivity contribution in [2.24, 2.45) is 0 Å². The summed E-state index contributed by atoms with van der Waals surface area (Å²) in [5.74, 6) is 0.883. The average Bonchev–Trinajstić information content (AvgIpc) is 2.50. The zero-order chi connectivity index (χ0) is 10.8. The molecule has 1 atom stereocenters. The van der Waals surface area contributed by atoms with Crippen LogP contribution in [0.2, 0.25) is 0 Å². The Labute approximate surface area is 88.8 Å². The van der Waals surface area contributed by atoms with Crippen LogP contribution in [0.15, 0.2) is 34.8 Å². The largest absolute Gasteiger partial charge is 0.461 e. The Hall–Kier alpha value is -1.54. The molecule has 0 aliphatic rings. The molecule has 0 amide bonds. The van der Waals surface area contributed by atoms with Crippen LogP contribution in [0.5, 0.6) is 0 Å². The van der Waals surface area contributed by atoms with Crippen LogP contribution in [-0.4, -0.2) is 11.2 Å². The summed E-state index contributed by atoms with van der Waals surface area (Å²) in [6.07, 6.45) is 3.23. The third-order valence-corrected chi connectivity index (χ3v) is 2.36. The maximum atomic E-state index is 9.20. The van der Waals surface area contributed by atoms with Crippen molar-refractivity contribution in [3.63, 3.8) is 0 Å². The molecule has 0 saturated heterocycles. The van der Waals surface area contributed by atoms with Crippen molar-refractivity contribution < 1.29 is 9.52 Å². The highest BCUT2D eigenvalue weighted by molar-refractivity contribution is 5.88. The first-order valence-corrected chi connectivity index (χ1v) is 5.03. The standard InChI is InChI=1S/C13H14O2/c1-9(14)7-8-11-10(2)15-13-6-4-3-5-12(11)13/h3-9,14H,1-2H3/b8-7+. The Morgan fingerprint density at radius 3 is 2.80 bits per heavy atom. The monoisotopic (exact) mass is 202 g/mol. The molecule has 2 rings (SSSR count). The maximum Gasteiger partial charge on any atom is 0.134 e. The normalized spacial score (nSPS) is 13.8. The summed E-state index contributed by atoms with van der Waals surface area (Å²) >= 11 is 0. The molecule has 0 radical (unpaired) electrons. The van der Waals surface area contributed by atoms with Gasteiger partial charge in [0.1, 0.15) is 11.3 Å². The molecule has 0 fully saturated rings. The van der Waals surface area contributed by atoms with Crippen LogP contribution in [-0.2, 0) is 0 Å². The highest BCUT2D eigenvalue weighted by atomic mass is 16.3. The van der Waals surface area contributed by atoms with Gasteiger partial charge in [0.2, 0.25) is 0 Å². The van der Waals surface area contributed by atoms with Gasteiger partial charge in [0, 0.05) is 10.9 Å². The lowest BCUT2D eigenvalue weighted by Crippen LogP contribution is -1.91. The molecule has 0 bridgehead atoms. The van der Waals surface area contributed by atoms with E-state index in [4.69, 9.17) is 4.42 Å². The zero-order valence-electron chi connectivity index (χ0n) is 8.90. The van der Waals surface area contributed by atoms with Gasteiger partial charge in [0.25, 0.3) is 0 Å². The molecule has 1 aromatic carbocycles. The lowest BCUT2D eigenvalue weighted by molar-refractivity contribution is 0.245. The minimum absolute atomic E-state index is 0.432. The summed E-state index contributed by atoms with van der Waals surface area (Å²) in [5, 5.41) is 10.3. The topological polar surface area (TPSA) is 33.4 Å². The van der Waals surface area contributed by atoms with Crippen molar-refractivity contribution in [2.75, 3.05) is 0 Å². The average molecular weight is 202 g/mol. The van der Waals surface area contributed by atoms with E-state index in [0.717, 1.165) is 22.3 Å². The molecule has 2 nitrogen and oxygen atoms in total. The van der Waals surface area contributed by atoms with Crippen molar-refractivity contribution >= 4 is 17.0 Å². The Kier molecular flexibility index (Phi) is 2.60. The van der Waals surface area contributed by atoms with Crippen LogP contribution in [0.3, 0.4) is 0 Å². The van der Waals surface area contributed by atoms with E-state index in [-0.39, 0.29) is 0 Å². The minimum Gasteiger partial charge on any atom is -0.461 e. The van der Waals surface area contributed by atoms with Crippen molar-refractivity contribution in [1.82, 2.24) is 0 Å². The molecule has 1 heterocycles. The number of furan rings is 1. The lowest BCUT2D eigenvalue weighted by atomic mass is 10.1. The highest BCUT2D eigenvalue weighted by Gasteiger charge is 2.06. The summed E-state index contributed by atoms with van der Waals surface area (Å²) in [5.41, 5.74) is 1.94. The molecule has 1 aromatic heterocycles. The van der Waals surface area contributed by atoms with E-state index in [1.54, 1.807) is 13.0 Å². The van der Waals surface area contributed by atoms with Crippen molar-refractivity contribution in [3.05, 3.63) is 41.7 Å².